The van der Waals surface area contributed by atoms with Crippen molar-refractivity contribution in [2.24, 2.45) is 0 Å². The average molecular weight is 284 g/mol. The lowest BCUT2D eigenvalue weighted by Crippen LogP contribution is -2.42. The van der Waals surface area contributed by atoms with E-state index in [1.165, 1.54) is 0 Å². The second kappa shape index (κ2) is 6.40. The number of aryl methyl sites for hydroxylation is 1. The number of benzene rings is 1. The van der Waals surface area contributed by atoms with E-state index >= 15 is 0 Å². The minimum Gasteiger partial charge on any atom is -0.481 e. The molecule has 0 unspecified atom stereocenters. The maximum Gasteiger partial charge on any atom is 0.304 e. The van der Waals surface area contributed by atoms with Gasteiger partial charge in [0.25, 0.3) is 0 Å². The molecule has 0 amide bonds. The predicted octanol–water partition coefficient (Wildman–Crippen LogP) is 3.72. The van der Waals surface area contributed by atoms with Gasteiger partial charge in [0.2, 0.25) is 0 Å². The maximum absolute atomic E-state index is 10.7. The molecule has 0 radical (unpaired) electrons. The van der Waals surface area contributed by atoms with Crippen LogP contribution in [0.25, 0.3) is 0 Å². The number of nitrogens with zero attached hydrogens (tertiary/aromatic N) is 1. The van der Waals surface area contributed by atoms with Gasteiger partial charge in [-0.15, -0.1) is 0 Å². The third-order valence-corrected chi connectivity index (χ3v) is 3.47. The summed E-state index contributed by atoms with van der Waals surface area (Å²) in [6.45, 7) is 9.42. The van der Waals surface area contributed by atoms with E-state index in [1.54, 1.807) is 0 Å². The standard InChI is InChI=1S/C15H22ClNO2/c1-11-5-6-12(13(16)9-11)10-17(15(2,3)4)8-7-14(18)19/h5-6,9H,7-8,10H2,1-4H3,(H,18,19). The number of carboxylic acids is 1. The molecule has 0 aliphatic heterocycles. The molecule has 0 bridgehead atoms. The fourth-order valence-electron chi connectivity index (χ4n) is 1.87. The van der Waals surface area contributed by atoms with Crippen LogP contribution < -0.4 is 0 Å². The number of halogens is 1. The average Bonchev–Trinajstić information content (AvgIpc) is 2.24. The van der Waals surface area contributed by atoms with Crippen molar-refractivity contribution in [3.63, 3.8) is 0 Å². The number of carboxylic acid groups (broad SMARTS) is 1. The van der Waals surface area contributed by atoms with Crippen LogP contribution in [0, 0.1) is 6.92 Å². The summed E-state index contributed by atoms with van der Waals surface area (Å²) in [6.07, 6.45) is 0.140. The number of carbonyl (C=O) groups is 1. The molecule has 19 heavy (non-hydrogen) atoms. The zero-order valence-corrected chi connectivity index (χ0v) is 12.8. The third-order valence-electron chi connectivity index (χ3n) is 3.11. The van der Waals surface area contributed by atoms with Gasteiger partial charge in [-0.3, -0.25) is 9.69 Å². The molecule has 0 aromatic heterocycles. The fraction of sp³-hybridized carbons (Fsp3) is 0.533. The summed E-state index contributed by atoms with van der Waals surface area (Å²) < 4.78 is 0. The molecule has 3 nitrogen and oxygen atoms in total. The second-order valence-corrected chi connectivity index (χ2v) is 6.24. The van der Waals surface area contributed by atoms with Gasteiger partial charge in [-0.1, -0.05) is 23.7 Å². The predicted molar refractivity (Wildman–Crippen MR) is 78.6 cm³/mol. The van der Waals surface area contributed by atoms with Crippen molar-refractivity contribution in [2.45, 2.75) is 46.2 Å². The molecular formula is C15H22ClNO2. The first-order valence-corrected chi connectivity index (χ1v) is 6.80. The van der Waals surface area contributed by atoms with Crippen LogP contribution >= 0.6 is 11.6 Å². The smallest absolute Gasteiger partial charge is 0.304 e. The molecule has 4 heteroatoms. The summed E-state index contributed by atoms with van der Waals surface area (Å²) in [5.74, 6) is -0.774. The second-order valence-electron chi connectivity index (χ2n) is 5.83. The van der Waals surface area contributed by atoms with Crippen molar-refractivity contribution in [1.29, 1.82) is 0 Å². The molecule has 0 heterocycles. The molecule has 1 rings (SSSR count). The quantitative estimate of drug-likeness (QED) is 0.895. The lowest BCUT2D eigenvalue weighted by molar-refractivity contribution is -0.137. The number of hydrogen-bond acceptors (Lipinski definition) is 2. The van der Waals surface area contributed by atoms with Gasteiger partial charge in [-0.2, -0.15) is 0 Å². The fourth-order valence-corrected chi connectivity index (χ4v) is 2.16. The van der Waals surface area contributed by atoms with Crippen molar-refractivity contribution in [2.75, 3.05) is 6.54 Å². The molecule has 106 valence electrons. The van der Waals surface area contributed by atoms with E-state index in [0.717, 1.165) is 16.1 Å². The van der Waals surface area contributed by atoms with Gasteiger partial charge in [-0.05, 0) is 44.9 Å². The van der Waals surface area contributed by atoms with E-state index in [2.05, 4.69) is 25.7 Å². The van der Waals surface area contributed by atoms with Crippen LogP contribution in [-0.2, 0) is 11.3 Å². The highest BCUT2D eigenvalue weighted by atomic mass is 35.5. The third kappa shape index (κ3) is 5.21. The van der Waals surface area contributed by atoms with Crippen molar-refractivity contribution >= 4 is 17.6 Å². The number of hydrogen-bond donors (Lipinski definition) is 1. The van der Waals surface area contributed by atoms with Gasteiger partial charge < -0.3 is 5.11 Å². The van der Waals surface area contributed by atoms with Crippen LogP contribution in [0.4, 0.5) is 0 Å². The Bertz CT molecular complexity index is 452. The SMILES string of the molecule is Cc1ccc(CN(CCC(=O)O)C(C)(C)C)c(Cl)c1. The van der Waals surface area contributed by atoms with E-state index in [4.69, 9.17) is 16.7 Å². The Labute approximate surface area is 120 Å². The molecule has 0 aliphatic carbocycles. The molecule has 1 aromatic carbocycles. The Morgan fingerprint density at radius 3 is 2.47 bits per heavy atom. The first kappa shape index (κ1) is 16.0. The van der Waals surface area contributed by atoms with Gasteiger partial charge in [0.05, 0.1) is 6.42 Å². The Hall–Kier alpha value is -1.06. The number of aliphatic carboxylic acids is 1. The van der Waals surface area contributed by atoms with Crippen molar-refractivity contribution in [1.82, 2.24) is 4.90 Å². The summed E-state index contributed by atoms with van der Waals surface area (Å²) in [5.41, 5.74) is 2.07. The first-order valence-electron chi connectivity index (χ1n) is 6.42. The van der Waals surface area contributed by atoms with Crippen LogP contribution in [-0.4, -0.2) is 28.1 Å². The molecular weight excluding hydrogens is 262 g/mol. The Kier molecular flexibility index (Phi) is 5.39. The Morgan fingerprint density at radius 1 is 1.37 bits per heavy atom. The zero-order valence-electron chi connectivity index (χ0n) is 12.0. The van der Waals surface area contributed by atoms with Crippen LogP contribution in [0.3, 0.4) is 0 Å². The van der Waals surface area contributed by atoms with Gasteiger partial charge in [-0.25, -0.2) is 0 Å². The van der Waals surface area contributed by atoms with Crippen molar-refractivity contribution in [3.05, 3.63) is 34.3 Å². The Morgan fingerprint density at radius 2 is 2.00 bits per heavy atom. The minimum atomic E-state index is -0.774. The molecule has 0 fully saturated rings. The van der Waals surface area contributed by atoms with Gasteiger partial charge >= 0.3 is 5.97 Å². The van der Waals surface area contributed by atoms with Gasteiger partial charge in [0, 0.05) is 23.7 Å². The van der Waals surface area contributed by atoms with E-state index in [1.807, 2.05) is 25.1 Å². The summed E-state index contributed by atoms with van der Waals surface area (Å²) in [4.78, 5) is 12.9. The summed E-state index contributed by atoms with van der Waals surface area (Å²) in [7, 11) is 0. The van der Waals surface area contributed by atoms with Crippen LogP contribution in [0.15, 0.2) is 18.2 Å². The topological polar surface area (TPSA) is 40.5 Å². The Balaban J connectivity index is 2.85. The molecule has 0 saturated heterocycles. The number of rotatable bonds is 5. The lowest BCUT2D eigenvalue weighted by atomic mass is 10.0. The van der Waals surface area contributed by atoms with Gasteiger partial charge in [0.15, 0.2) is 0 Å². The van der Waals surface area contributed by atoms with E-state index in [9.17, 15) is 4.79 Å². The molecule has 0 spiro atoms. The maximum atomic E-state index is 10.7. The monoisotopic (exact) mass is 283 g/mol. The molecule has 0 atom stereocenters. The van der Waals surface area contributed by atoms with Gasteiger partial charge in [0.1, 0.15) is 0 Å². The van der Waals surface area contributed by atoms with E-state index in [0.29, 0.717) is 13.1 Å². The molecule has 0 aliphatic rings. The molecule has 1 N–H and O–H groups in total. The highest BCUT2D eigenvalue weighted by molar-refractivity contribution is 6.31. The molecule has 0 saturated carbocycles. The van der Waals surface area contributed by atoms with Crippen LogP contribution in [0.1, 0.15) is 38.3 Å². The van der Waals surface area contributed by atoms with Crippen molar-refractivity contribution in [3.8, 4) is 0 Å². The first-order chi connectivity index (χ1) is 8.70. The molecule has 1 aromatic rings. The normalized spacial score (nSPS) is 11.9. The summed E-state index contributed by atoms with van der Waals surface area (Å²) in [5, 5.41) is 9.57. The van der Waals surface area contributed by atoms with Crippen LogP contribution in [0.2, 0.25) is 5.02 Å². The lowest BCUT2D eigenvalue weighted by Gasteiger charge is -2.35. The largest absolute Gasteiger partial charge is 0.481 e. The highest BCUT2D eigenvalue weighted by Crippen LogP contribution is 2.23. The van der Waals surface area contributed by atoms with E-state index in [-0.39, 0.29) is 12.0 Å². The van der Waals surface area contributed by atoms with Crippen molar-refractivity contribution < 1.29 is 9.90 Å². The van der Waals surface area contributed by atoms with Crippen LogP contribution in [0.5, 0.6) is 0 Å². The zero-order chi connectivity index (χ0) is 14.6. The summed E-state index contributed by atoms with van der Waals surface area (Å²) in [6, 6.07) is 5.98. The summed E-state index contributed by atoms with van der Waals surface area (Å²) >= 11 is 6.24. The highest BCUT2D eigenvalue weighted by Gasteiger charge is 2.22. The minimum absolute atomic E-state index is 0.0936. The van der Waals surface area contributed by atoms with E-state index < -0.39 is 5.97 Å².